The second-order valence-corrected chi connectivity index (χ2v) is 5.41. The number of nitrogens with zero attached hydrogens (tertiary/aromatic N) is 4. The zero-order chi connectivity index (χ0) is 15.1. The fourth-order valence-electron chi connectivity index (χ4n) is 2.44. The van der Waals surface area contributed by atoms with Gasteiger partial charge < -0.3 is 15.5 Å². The van der Waals surface area contributed by atoms with Gasteiger partial charge in [-0.2, -0.15) is 0 Å². The standard InChI is InChI=1S/C15H25N5O/c1-18(8-4-6-16)15(21)13-19-9-11-20(12-10-19)14-5-2-3-7-17-14/h2-3,5,7H,4,6,8-13,16H2,1H3. The minimum Gasteiger partial charge on any atom is -0.354 e. The van der Waals surface area contributed by atoms with Crippen LogP contribution >= 0.6 is 0 Å². The molecule has 2 N–H and O–H groups in total. The highest BCUT2D eigenvalue weighted by atomic mass is 16.2. The van der Waals surface area contributed by atoms with Gasteiger partial charge in [-0.3, -0.25) is 9.69 Å². The number of anilines is 1. The largest absolute Gasteiger partial charge is 0.354 e. The van der Waals surface area contributed by atoms with E-state index in [1.807, 2.05) is 31.4 Å². The van der Waals surface area contributed by atoms with E-state index >= 15 is 0 Å². The van der Waals surface area contributed by atoms with Crippen molar-refractivity contribution in [2.24, 2.45) is 5.73 Å². The number of aromatic nitrogens is 1. The van der Waals surface area contributed by atoms with E-state index in [9.17, 15) is 4.79 Å². The van der Waals surface area contributed by atoms with E-state index in [1.165, 1.54) is 0 Å². The fourth-order valence-corrected chi connectivity index (χ4v) is 2.44. The van der Waals surface area contributed by atoms with Crippen LogP contribution in [-0.4, -0.2) is 73.6 Å². The van der Waals surface area contributed by atoms with Gasteiger partial charge in [-0.1, -0.05) is 6.07 Å². The van der Waals surface area contributed by atoms with Crippen molar-refractivity contribution in [2.75, 3.05) is 57.8 Å². The summed E-state index contributed by atoms with van der Waals surface area (Å²) in [5.41, 5.74) is 5.47. The molecule has 0 unspecified atom stereocenters. The Balaban J connectivity index is 1.75. The summed E-state index contributed by atoms with van der Waals surface area (Å²) in [6.45, 7) is 5.48. The first-order chi connectivity index (χ1) is 10.2. The number of carbonyl (C=O) groups is 1. The van der Waals surface area contributed by atoms with Gasteiger partial charge in [0.2, 0.25) is 5.91 Å². The SMILES string of the molecule is CN(CCCN)C(=O)CN1CCN(c2ccccn2)CC1. The van der Waals surface area contributed by atoms with Crippen molar-refractivity contribution in [3.63, 3.8) is 0 Å². The Kier molecular flexibility index (Phi) is 5.95. The molecule has 1 amide bonds. The van der Waals surface area contributed by atoms with E-state index in [1.54, 1.807) is 4.90 Å². The number of rotatable bonds is 6. The van der Waals surface area contributed by atoms with Crippen LogP contribution in [0.3, 0.4) is 0 Å². The number of amides is 1. The number of likely N-dealkylation sites (N-methyl/N-ethyl adjacent to an activating group) is 1. The Labute approximate surface area is 126 Å². The first-order valence-corrected chi connectivity index (χ1v) is 7.53. The number of hydrogen-bond donors (Lipinski definition) is 1. The number of nitrogens with two attached hydrogens (primary N) is 1. The summed E-state index contributed by atoms with van der Waals surface area (Å²) in [7, 11) is 1.85. The normalized spacial score (nSPS) is 16.0. The Morgan fingerprint density at radius 3 is 2.71 bits per heavy atom. The van der Waals surface area contributed by atoms with E-state index in [-0.39, 0.29) is 5.91 Å². The van der Waals surface area contributed by atoms with E-state index in [0.717, 1.165) is 45.0 Å². The second-order valence-electron chi connectivity index (χ2n) is 5.41. The van der Waals surface area contributed by atoms with Crippen LogP contribution in [0.4, 0.5) is 5.82 Å². The van der Waals surface area contributed by atoms with Gasteiger partial charge in [-0.05, 0) is 25.1 Å². The predicted octanol–water partition coefficient (Wildman–Crippen LogP) is 0.0108. The number of hydrogen-bond acceptors (Lipinski definition) is 5. The van der Waals surface area contributed by atoms with Gasteiger partial charge in [0.25, 0.3) is 0 Å². The Morgan fingerprint density at radius 1 is 1.33 bits per heavy atom. The minimum absolute atomic E-state index is 0.176. The van der Waals surface area contributed by atoms with Gasteiger partial charge in [0, 0.05) is 46.0 Å². The maximum atomic E-state index is 12.1. The van der Waals surface area contributed by atoms with Gasteiger partial charge in [0.1, 0.15) is 5.82 Å². The zero-order valence-corrected chi connectivity index (χ0v) is 12.7. The lowest BCUT2D eigenvalue weighted by Crippen LogP contribution is -2.50. The molecule has 2 heterocycles. The lowest BCUT2D eigenvalue weighted by molar-refractivity contribution is -0.131. The molecule has 0 bridgehead atoms. The lowest BCUT2D eigenvalue weighted by atomic mass is 10.3. The van der Waals surface area contributed by atoms with Gasteiger partial charge >= 0.3 is 0 Å². The molecule has 1 aromatic heterocycles. The molecule has 1 fully saturated rings. The van der Waals surface area contributed by atoms with Gasteiger partial charge in [0.15, 0.2) is 0 Å². The third-order valence-electron chi connectivity index (χ3n) is 3.83. The molecule has 0 radical (unpaired) electrons. The molecule has 1 saturated heterocycles. The number of piperazine rings is 1. The second kappa shape index (κ2) is 7.95. The molecule has 6 nitrogen and oxygen atoms in total. The van der Waals surface area contributed by atoms with Crippen molar-refractivity contribution in [1.29, 1.82) is 0 Å². The van der Waals surface area contributed by atoms with Crippen LogP contribution in [0.1, 0.15) is 6.42 Å². The molecule has 0 aliphatic carbocycles. The van der Waals surface area contributed by atoms with Gasteiger partial charge in [-0.25, -0.2) is 4.98 Å². The third kappa shape index (κ3) is 4.68. The summed E-state index contributed by atoms with van der Waals surface area (Å²) >= 11 is 0. The molecule has 2 rings (SSSR count). The summed E-state index contributed by atoms with van der Waals surface area (Å²) in [5.74, 6) is 1.19. The summed E-state index contributed by atoms with van der Waals surface area (Å²) in [4.78, 5) is 22.7. The number of pyridine rings is 1. The Bertz CT molecular complexity index is 431. The molecule has 21 heavy (non-hydrogen) atoms. The first-order valence-electron chi connectivity index (χ1n) is 7.53. The monoisotopic (exact) mass is 291 g/mol. The predicted molar refractivity (Wildman–Crippen MR) is 84.2 cm³/mol. The summed E-state index contributed by atoms with van der Waals surface area (Å²) in [6.07, 6.45) is 2.67. The summed E-state index contributed by atoms with van der Waals surface area (Å²) < 4.78 is 0. The van der Waals surface area contributed by atoms with Crippen molar-refractivity contribution in [3.8, 4) is 0 Å². The van der Waals surface area contributed by atoms with E-state index in [0.29, 0.717) is 13.1 Å². The van der Waals surface area contributed by atoms with Gasteiger partial charge in [-0.15, -0.1) is 0 Å². The molecule has 0 aromatic carbocycles. The van der Waals surface area contributed by atoms with E-state index < -0.39 is 0 Å². The van der Waals surface area contributed by atoms with Crippen LogP contribution in [0.2, 0.25) is 0 Å². The summed E-state index contributed by atoms with van der Waals surface area (Å²) in [6, 6.07) is 5.96. The average Bonchev–Trinajstić information content (AvgIpc) is 2.54. The van der Waals surface area contributed by atoms with Crippen molar-refractivity contribution < 1.29 is 4.79 Å². The van der Waals surface area contributed by atoms with Crippen LogP contribution in [0.25, 0.3) is 0 Å². The van der Waals surface area contributed by atoms with Crippen molar-refractivity contribution in [2.45, 2.75) is 6.42 Å². The average molecular weight is 291 g/mol. The maximum absolute atomic E-state index is 12.1. The van der Waals surface area contributed by atoms with E-state index in [4.69, 9.17) is 5.73 Å². The van der Waals surface area contributed by atoms with Crippen LogP contribution in [0, 0.1) is 0 Å². The van der Waals surface area contributed by atoms with Crippen molar-refractivity contribution >= 4 is 11.7 Å². The first kappa shape index (κ1) is 15.7. The highest BCUT2D eigenvalue weighted by Crippen LogP contribution is 2.12. The third-order valence-corrected chi connectivity index (χ3v) is 3.83. The van der Waals surface area contributed by atoms with Crippen LogP contribution in [0.5, 0.6) is 0 Å². The molecular formula is C15H25N5O. The molecule has 6 heteroatoms. The minimum atomic E-state index is 0.176. The van der Waals surface area contributed by atoms with Crippen molar-refractivity contribution in [3.05, 3.63) is 24.4 Å². The molecule has 116 valence electrons. The smallest absolute Gasteiger partial charge is 0.236 e. The molecule has 0 atom stereocenters. The maximum Gasteiger partial charge on any atom is 0.236 e. The van der Waals surface area contributed by atoms with Crippen LogP contribution in [-0.2, 0) is 4.79 Å². The quantitative estimate of drug-likeness (QED) is 0.800. The number of carbonyl (C=O) groups excluding carboxylic acids is 1. The summed E-state index contributed by atoms with van der Waals surface area (Å²) in [5, 5.41) is 0. The van der Waals surface area contributed by atoms with Crippen molar-refractivity contribution in [1.82, 2.24) is 14.8 Å². The molecule has 0 saturated carbocycles. The molecule has 1 aliphatic heterocycles. The van der Waals surface area contributed by atoms with Crippen LogP contribution < -0.4 is 10.6 Å². The Hall–Kier alpha value is -1.66. The van der Waals surface area contributed by atoms with Crippen LogP contribution in [0.15, 0.2) is 24.4 Å². The highest BCUT2D eigenvalue weighted by Gasteiger charge is 2.20. The van der Waals surface area contributed by atoms with E-state index in [2.05, 4.69) is 14.8 Å². The Morgan fingerprint density at radius 2 is 2.10 bits per heavy atom. The molecule has 1 aromatic rings. The topological polar surface area (TPSA) is 65.7 Å². The lowest BCUT2D eigenvalue weighted by Gasteiger charge is -2.35. The highest BCUT2D eigenvalue weighted by molar-refractivity contribution is 5.78. The molecule has 1 aliphatic rings. The van der Waals surface area contributed by atoms with Gasteiger partial charge in [0.05, 0.1) is 6.54 Å². The zero-order valence-electron chi connectivity index (χ0n) is 12.7. The fraction of sp³-hybridized carbons (Fsp3) is 0.600. The molecule has 0 spiro atoms. The molecular weight excluding hydrogens is 266 g/mol.